The van der Waals surface area contributed by atoms with Gasteiger partial charge in [0, 0.05) is 33.8 Å². The van der Waals surface area contributed by atoms with Gasteiger partial charge < -0.3 is 29.3 Å². The van der Waals surface area contributed by atoms with Crippen molar-refractivity contribution in [3.05, 3.63) is 23.8 Å². The lowest BCUT2D eigenvalue weighted by atomic mass is 10.1. The minimum atomic E-state index is 0. The molecule has 166 valence electrons. The number of benzene rings is 1. The van der Waals surface area contributed by atoms with Crippen LogP contribution in [0.5, 0.6) is 11.5 Å². The molecule has 0 bridgehead atoms. The van der Waals surface area contributed by atoms with E-state index in [1.807, 2.05) is 26.2 Å². The number of nitrogens with one attached hydrogen (secondary N) is 1. The molecule has 1 aliphatic carbocycles. The SMILES string of the molecule is CN=C(NCC(c1ccc(OC)c(OC)c1)N(C)C)N(C)CCOCC1CC1.I. The number of nitrogens with zero attached hydrogens (tertiary/aromatic N) is 3. The molecule has 0 spiro atoms. The van der Waals surface area contributed by atoms with Crippen LogP contribution in [0.2, 0.25) is 0 Å². The molecule has 1 atom stereocenters. The molecule has 2 rings (SSSR count). The predicted molar refractivity (Wildman–Crippen MR) is 129 cm³/mol. The van der Waals surface area contributed by atoms with Crippen molar-refractivity contribution in [2.75, 3.05) is 68.7 Å². The Morgan fingerprint density at radius 3 is 2.41 bits per heavy atom. The average Bonchev–Trinajstić information content (AvgIpc) is 3.52. The lowest BCUT2D eigenvalue weighted by molar-refractivity contribution is 0.115. The Labute approximate surface area is 192 Å². The molecule has 1 saturated carbocycles. The minimum Gasteiger partial charge on any atom is -0.493 e. The summed E-state index contributed by atoms with van der Waals surface area (Å²) < 4.78 is 16.6. The van der Waals surface area contributed by atoms with Crippen molar-refractivity contribution in [2.45, 2.75) is 18.9 Å². The molecule has 1 aromatic rings. The summed E-state index contributed by atoms with van der Waals surface area (Å²) >= 11 is 0. The fraction of sp³-hybridized carbons (Fsp3) is 0.667. The topological polar surface area (TPSA) is 58.6 Å². The Balaban J connectivity index is 0.00000420. The van der Waals surface area contributed by atoms with E-state index in [9.17, 15) is 0 Å². The van der Waals surface area contributed by atoms with E-state index in [0.29, 0.717) is 0 Å². The van der Waals surface area contributed by atoms with Crippen LogP contribution in [0.3, 0.4) is 0 Å². The van der Waals surface area contributed by atoms with Gasteiger partial charge in [-0.05, 0) is 50.6 Å². The van der Waals surface area contributed by atoms with Crippen molar-refractivity contribution in [1.29, 1.82) is 0 Å². The minimum absolute atomic E-state index is 0. The zero-order valence-electron chi connectivity index (χ0n) is 18.6. The molecule has 1 unspecified atom stereocenters. The van der Waals surface area contributed by atoms with Gasteiger partial charge in [-0.3, -0.25) is 4.99 Å². The van der Waals surface area contributed by atoms with Gasteiger partial charge in [0.05, 0.1) is 26.9 Å². The maximum Gasteiger partial charge on any atom is 0.193 e. The highest BCUT2D eigenvalue weighted by atomic mass is 127. The Hall–Kier alpha value is -1.26. The number of ether oxygens (including phenoxy) is 3. The highest BCUT2D eigenvalue weighted by Crippen LogP contribution is 2.31. The van der Waals surface area contributed by atoms with Crippen LogP contribution in [0.25, 0.3) is 0 Å². The summed E-state index contributed by atoms with van der Waals surface area (Å²) in [6.45, 7) is 3.15. The normalized spacial score (nSPS) is 14.9. The summed E-state index contributed by atoms with van der Waals surface area (Å²) in [7, 11) is 11.3. The smallest absolute Gasteiger partial charge is 0.193 e. The molecule has 7 nitrogen and oxygen atoms in total. The van der Waals surface area contributed by atoms with E-state index in [4.69, 9.17) is 14.2 Å². The van der Waals surface area contributed by atoms with E-state index in [-0.39, 0.29) is 30.0 Å². The number of halogens is 1. The summed E-state index contributed by atoms with van der Waals surface area (Å²) in [6.07, 6.45) is 2.64. The van der Waals surface area contributed by atoms with Crippen LogP contribution < -0.4 is 14.8 Å². The first kappa shape index (κ1) is 25.8. The molecule has 1 N–H and O–H groups in total. The Bertz CT molecular complexity index is 638. The van der Waals surface area contributed by atoms with E-state index in [1.165, 1.54) is 12.8 Å². The molecule has 0 aromatic heterocycles. The molecular formula is C21H37IN4O3. The molecule has 29 heavy (non-hydrogen) atoms. The van der Waals surface area contributed by atoms with Crippen LogP contribution in [0.1, 0.15) is 24.4 Å². The molecule has 0 amide bonds. The second-order valence-corrected chi connectivity index (χ2v) is 7.46. The van der Waals surface area contributed by atoms with E-state index < -0.39 is 0 Å². The zero-order chi connectivity index (χ0) is 20.5. The van der Waals surface area contributed by atoms with Crippen molar-refractivity contribution < 1.29 is 14.2 Å². The Kier molecular flexibility index (Phi) is 11.7. The van der Waals surface area contributed by atoms with Crippen LogP contribution in [0, 0.1) is 5.92 Å². The third-order valence-electron chi connectivity index (χ3n) is 5.06. The highest BCUT2D eigenvalue weighted by Gasteiger charge is 2.21. The molecular weight excluding hydrogens is 483 g/mol. The van der Waals surface area contributed by atoms with Crippen molar-refractivity contribution in [3.8, 4) is 11.5 Å². The summed E-state index contributed by atoms with van der Waals surface area (Å²) in [5.41, 5.74) is 1.15. The van der Waals surface area contributed by atoms with Gasteiger partial charge in [0.1, 0.15) is 0 Å². The predicted octanol–water partition coefficient (Wildman–Crippen LogP) is 2.86. The quantitative estimate of drug-likeness (QED) is 0.210. The molecule has 1 fully saturated rings. The van der Waals surface area contributed by atoms with Crippen molar-refractivity contribution >= 4 is 29.9 Å². The average molecular weight is 520 g/mol. The fourth-order valence-electron chi connectivity index (χ4n) is 3.07. The van der Waals surface area contributed by atoms with E-state index in [2.05, 4.69) is 40.3 Å². The summed E-state index contributed by atoms with van der Waals surface area (Å²) in [4.78, 5) is 8.70. The van der Waals surface area contributed by atoms with Crippen LogP contribution in [-0.4, -0.2) is 84.5 Å². The third-order valence-corrected chi connectivity index (χ3v) is 5.06. The lowest BCUT2D eigenvalue weighted by Gasteiger charge is -2.28. The van der Waals surface area contributed by atoms with E-state index >= 15 is 0 Å². The monoisotopic (exact) mass is 520 g/mol. The number of hydrogen-bond acceptors (Lipinski definition) is 5. The molecule has 0 aliphatic heterocycles. The Morgan fingerprint density at radius 1 is 1.17 bits per heavy atom. The van der Waals surface area contributed by atoms with Crippen molar-refractivity contribution in [2.24, 2.45) is 10.9 Å². The second kappa shape index (κ2) is 13.1. The first-order chi connectivity index (χ1) is 13.5. The highest BCUT2D eigenvalue weighted by molar-refractivity contribution is 14.0. The summed E-state index contributed by atoms with van der Waals surface area (Å²) in [5, 5.41) is 3.48. The molecule has 0 radical (unpaired) electrons. The van der Waals surface area contributed by atoms with Gasteiger partial charge in [0.2, 0.25) is 0 Å². The van der Waals surface area contributed by atoms with Crippen molar-refractivity contribution in [1.82, 2.24) is 15.1 Å². The number of rotatable bonds is 11. The van der Waals surface area contributed by atoms with Gasteiger partial charge in [0.15, 0.2) is 17.5 Å². The maximum absolute atomic E-state index is 5.74. The number of hydrogen-bond donors (Lipinski definition) is 1. The van der Waals surface area contributed by atoms with Crippen molar-refractivity contribution in [3.63, 3.8) is 0 Å². The second-order valence-electron chi connectivity index (χ2n) is 7.46. The van der Waals surface area contributed by atoms with Gasteiger partial charge in [-0.2, -0.15) is 0 Å². The fourth-order valence-corrected chi connectivity index (χ4v) is 3.07. The number of likely N-dealkylation sites (N-methyl/N-ethyl adjacent to an activating group) is 2. The largest absolute Gasteiger partial charge is 0.493 e. The van der Waals surface area contributed by atoms with Gasteiger partial charge >= 0.3 is 0 Å². The van der Waals surface area contributed by atoms with Gasteiger partial charge in [-0.1, -0.05) is 6.07 Å². The van der Waals surface area contributed by atoms with E-state index in [1.54, 1.807) is 14.2 Å². The number of aliphatic imine (C=N–C) groups is 1. The zero-order valence-corrected chi connectivity index (χ0v) is 20.9. The number of methoxy groups -OCH3 is 2. The van der Waals surface area contributed by atoms with Crippen LogP contribution in [-0.2, 0) is 4.74 Å². The summed E-state index contributed by atoms with van der Waals surface area (Å²) in [6, 6.07) is 6.22. The van der Waals surface area contributed by atoms with Gasteiger partial charge in [-0.15, -0.1) is 24.0 Å². The molecule has 0 saturated heterocycles. The third kappa shape index (κ3) is 8.18. The Morgan fingerprint density at radius 2 is 1.86 bits per heavy atom. The summed E-state index contributed by atoms with van der Waals surface area (Å²) in [5.74, 6) is 3.13. The molecule has 1 aromatic carbocycles. The lowest BCUT2D eigenvalue weighted by Crippen LogP contribution is -2.43. The maximum atomic E-state index is 5.74. The van der Waals surface area contributed by atoms with Gasteiger partial charge in [-0.25, -0.2) is 0 Å². The van der Waals surface area contributed by atoms with Crippen LogP contribution in [0.15, 0.2) is 23.2 Å². The standard InChI is InChI=1S/C21H36N4O3.HI/c1-22-21(25(4)11-12-28-15-16-7-8-16)23-14-18(24(2)3)17-9-10-19(26-5)20(13-17)27-6;/h9-10,13,16,18H,7-8,11-12,14-15H2,1-6H3,(H,22,23);1H. The van der Waals surface area contributed by atoms with Crippen LogP contribution in [0.4, 0.5) is 0 Å². The molecule has 0 heterocycles. The van der Waals surface area contributed by atoms with Gasteiger partial charge in [0.25, 0.3) is 0 Å². The number of guanidine groups is 1. The first-order valence-corrected chi connectivity index (χ1v) is 9.88. The van der Waals surface area contributed by atoms with Crippen LogP contribution >= 0.6 is 24.0 Å². The molecule has 1 aliphatic rings. The first-order valence-electron chi connectivity index (χ1n) is 9.88. The van der Waals surface area contributed by atoms with E-state index in [0.717, 1.165) is 55.2 Å². The molecule has 8 heteroatoms.